The molecule has 0 radical (unpaired) electrons. The van der Waals surface area contributed by atoms with Crippen molar-refractivity contribution in [2.45, 2.75) is 65.2 Å². The fraction of sp³-hybridized carbons (Fsp3) is 0.393. The molecule has 0 bridgehead atoms. The van der Waals surface area contributed by atoms with Crippen LogP contribution in [0.5, 0.6) is 17.2 Å². The third-order valence-electron chi connectivity index (χ3n) is 5.52. The lowest BCUT2D eigenvalue weighted by molar-refractivity contribution is -0.131. The standard InChI is InChI=1S/C28H32O7/c1-3-4-5-6-7-8-9-13-19-32-23-18-14-17-22-24(23)34-28(31)26(25(22)33-20(2)29)35-27(30)21-15-11-10-12-16-21/h10-12,14-18H,3-9,13,19H2,1-2H3. The Morgan fingerprint density at radius 2 is 1.49 bits per heavy atom. The highest BCUT2D eigenvalue weighted by atomic mass is 16.6. The van der Waals surface area contributed by atoms with E-state index in [-0.39, 0.29) is 16.9 Å². The van der Waals surface area contributed by atoms with E-state index in [2.05, 4.69) is 6.92 Å². The van der Waals surface area contributed by atoms with Crippen molar-refractivity contribution in [3.8, 4) is 17.2 Å². The molecule has 1 aromatic heterocycles. The molecule has 186 valence electrons. The highest BCUT2D eigenvalue weighted by molar-refractivity contribution is 5.95. The molecule has 0 aliphatic carbocycles. The molecular formula is C28H32O7. The Labute approximate surface area is 205 Å². The monoisotopic (exact) mass is 480 g/mol. The molecule has 0 fully saturated rings. The van der Waals surface area contributed by atoms with Gasteiger partial charge in [0, 0.05) is 6.92 Å². The largest absolute Gasteiger partial charge is 0.490 e. The number of hydrogen-bond acceptors (Lipinski definition) is 7. The van der Waals surface area contributed by atoms with Gasteiger partial charge in [-0.1, -0.05) is 76.1 Å². The van der Waals surface area contributed by atoms with Crippen molar-refractivity contribution < 1.29 is 28.2 Å². The van der Waals surface area contributed by atoms with Gasteiger partial charge in [0.25, 0.3) is 5.75 Å². The van der Waals surface area contributed by atoms with Crippen LogP contribution in [0.4, 0.5) is 0 Å². The topological polar surface area (TPSA) is 92.0 Å². The molecule has 1 heterocycles. The number of carbonyl (C=O) groups excluding carboxylic acids is 2. The predicted molar refractivity (Wildman–Crippen MR) is 133 cm³/mol. The van der Waals surface area contributed by atoms with Gasteiger partial charge in [-0.05, 0) is 30.7 Å². The van der Waals surface area contributed by atoms with Crippen LogP contribution in [0.25, 0.3) is 11.0 Å². The summed E-state index contributed by atoms with van der Waals surface area (Å²) in [5.74, 6) is -1.74. The van der Waals surface area contributed by atoms with Gasteiger partial charge in [0.2, 0.25) is 0 Å². The molecule has 0 N–H and O–H groups in total. The zero-order chi connectivity index (χ0) is 25.0. The van der Waals surface area contributed by atoms with Crippen LogP contribution in [0.1, 0.15) is 75.6 Å². The number of esters is 2. The Bertz CT molecular complexity index is 1180. The summed E-state index contributed by atoms with van der Waals surface area (Å²) >= 11 is 0. The van der Waals surface area contributed by atoms with Gasteiger partial charge in [0.1, 0.15) is 0 Å². The SMILES string of the molecule is CCCCCCCCCCOc1cccc2c(OC(C)=O)c(OC(=O)c3ccccc3)c(=O)oc12. The predicted octanol–water partition coefficient (Wildman–Crippen LogP) is 6.46. The van der Waals surface area contributed by atoms with Gasteiger partial charge in [-0.25, -0.2) is 9.59 Å². The van der Waals surface area contributed by atoms with Crippen LogP contribution in [-0.2, 0) is 4.79 Å². The van der Waals surface area contributed by atoms with E-state index in [9.17, 15) is 14.4 Å². The number of hydrogen-bond donors (Lipinski definition) is 0. The average molecular weight is 481 g/mol. The molecule has 0 unspecified atom stereocenters. The van der Waals surface area contributed by atoms with E-state index >= 15 is 0 Å². The van der Waals surface area contributed by atoms with Gasteiger partial charge in [0.05, 0.1) is 17.6 Å². The van der Waals surface area contributed by atoms with Crippen molar-refractivity contribution in [2.75, 3.05) is 6.61 Å². The number of unbranched alkanes of at least 4 members (excludes halogenated alkanes) is 7. The second kappa shape index (κ2) is 13.3. The number of rotatable bonds is 13. The van der Waals surface area contributed by atoms with Crippen LogP contribution in [0.2, 0.25) is 0 Å². The van der Waals surface area contributed by atoms with Gasteiger partial charge >= 0.3 is 17.6 Å². The molecule has 0 amide bonds. The second-order valence-electron chi connectivity index (χ2n) is 8.35. The summed E-state index contributed by atoms with van der Waals surface area (Å²) in [4.78, 5) is 37.1. The van der Waals surface area contributed by atoms with E-state index in [0.29, 0.717) is 17.7 Å². The Kier molecular flexibility index (Phi) is 9.90. The summed E-state index contributed by atoms with van der Waals surface area (Å²) in [6, 6.07) is 13.2. The van der Waals surface area contributed by atoms with Crippen molar-refractivity contribution >= 4 is 22.9 Å². The van der Waals surface area contributed by atoms with E-state index < -0.39 is 23.3 Å². The fourth-order valence-corrected chi connectivity index (χ4v) is 3.74. The molecule has 0 aliphatic rings. The van der Waals surface area contributed by atoms with Crippen LogP contribution in [0.3, 0.4) is 0 Å². The third kappa shape index (κ3) is 7.44. The van der Waals surface area contributed by atoms with E-state index in [1.54, 1.807) is 48.5 Å². The third-order valence-corrected chi connectivity index (χ3v) is 5.52. The number of carbonyl (C=O) groups is 2. The van der Waals surface area contributed by atoms with Crippen molar-refractivity contribution in [1.29, 1.82) is 0 Å². The Morgan fingerprint density at radius 3 is 2.17 bits per heavy atom. The highest BCUT2D eigenvalue weighted by Gasteiger charge is 2.24. The van der Waals surface area contributed by atoms with Crippen LogP contribution in [-0.4, -0.2) is 18.5 Å². The minimum atomic E-state index is -0.943. The smallest absolute Gasteiger partial charge is 0.383 e. The summed E-state index contributed by atoms with van der Waals surface area (Å²) in [6.07, 6.45) is 9.39. The van der Waals surface area contributed by atoms with E-state index in [1.165, 1.54) is 39.0 Å². The van der Waals surface area contributed by atoms with Gasteiger partial charge < -0.3 is 18.6 Å². The normalized spacial score (nSPS) is 10.8. The second-order valence-corrected chi connectivity index (χ2v) is 8.35. The first-order chi connectivity index (χ1) is 17.0. The molecule has 7 nitrogen and oxygen atoms in total. The van der Waals surface area contributed by atoms with Gasteiger partial charge in [0.15, 0.2) is 17.1 Å². The first-order valence-corrected chi connectivity index (χ1v) is 12.2. The summed E-state index contributed by atoms with van der Waals surface area (Å²) in [6.45, 7) is 3.87. The minimum Gasteiger partial charge on any atom is -0.490 e. The van der Waals surface area contributed by atoms with Crippen molar-refractivity contribution in [3.63, 3.8) is 0 Å². The quantitative estimate of drug-likeness (QED) is 0.157. The van der Waals surface area contributed by atoms with Crippen molar-refractivity contribution in [1.82, 2.24) is 0 Å². The zero-order valence-electron chi connectivity index (χ0n) is 20.3. The number of para-hydroxylation sites is 1. The van der Waals surface area contributed by atoms with Crippen LogP contribution >= 0.6 is 0 Å². The van der Waals surface area contributed by atoms with E-state index in [1.807, 2.05) is 0 Å². The molecule has 0 saturated carbocycles. The van der Waals surface area contributed by atoms with Crippen LogP contribution < -0.4 is 19.8 Å². The summed E-state index contributed by atoms with van der Waals surface area (Å²) in [7, 11) is 0. The lowest BCUT2D eigenvalue weighted by Crippen LogP contribution is -2.17. The summed E-state index contributed by atoms with van der Waals surface area (Å²) in [5, 5.41) is 0.295. The molecule has 2 aromatic carbocycles. The van der Waals surface area contributed by atoms with Crippen molar-refractivity contribution in [3.05, 3.63) is 64.5 Å². The van der Waals surface area contributed by atoms with E-state index in [0.717, 1.165) is 19.3 Å². The zero-order valence-corrected chi connectivity index (χ0v) is 20.3. The van der Waals surface area contributed by atoms with E-state index in [4.69, 9.17) is 18.6 Å². The maximum absolute atomic E-state index is 12.8. The number of fused-ring (bicyclic) bond motifs is 1. The molecule has 7 heteroatoms. The molecule has 0 spiro atoms. The number of benzene rings is 2. The lowest BCUT2D eigenvalue weighted by Gasteiger charge is -2.13. The molecule has 35 heavy (non-hydrogen) atoms. The maximum atomic E-state index is 12.8. The van der Waals surface area contributed by atoms with Crippen molar-refractivity contribution in [2.24, 2.45) is 0 Å². The highest BCUT2D eigenvalue weighted by Crippen LogP contribution is 2.37. The molecule has 0 atom stereocenters. The number of ether oxygens (including phenoxy) is 3. The van der Waals surface area contributed by atoms with Crippen LogP contribution in [0.15, 0.2) is 57.7 Å². The van der Waals surface area contributed by atoms with Crippen LogP contribution in [0, 0.1) is 0 Å². The van der Waals surface area contributed by atoms with Gasteiger partial charge in [-0.2, -0.15) is 0 Å². The first kappa shape index (κ1) is 26.0. The Balaban J connectivity index is 1.76. The van der Waals surface area contributed by atoms with Gasteiger partial charge in [-0.15, -0.1) is 0 Å². The fourth-order valence-electron chi connectivity index (χ4n) is 3.74. The maximum Gasteiger partial charge on any atom is 0.383 e. The minimum absolute atomic E-state index is 0.132. The molecule has 0 saturated heterocycles. The molecule has 3 rings (SSSR count). The Hall–Kier alpha value is -3.61. The molecule has 3 aromatic rings. The summed E-state index contributed by atoms with van der Waals surface area (Å²) < 4.78 is 22.0. The molecule has 0 aliphatic heterocycles. The average Bonchev–Trinajstić information content (AvgIpc) is 2.85. The molecular weight excluding hydrogens is 448 g/mol. The first-order valence-electron chi connectivity index (χ1n) is 12.2. The summed E-state index contributed by atoms with van der Waals surface area (Å²) in [5.41, 5.74) is -0.572. The van der Waals surface area contributed by atoms with Gasteiger partial charge in [-0.3, -0.25) is 4.79 Å². The lowest BCUT2D eigenvalue weighted by atomic mass is 10.1. The Morgan fingerprint density at radius 1 is 0.800 bits per heavy atom.